The smallest absolute Gasteiger partial charge is 0.330 e. The summed E-state index contributed by atoms with van der Waals surface area (Å²) in [5.74, 6) is 1.61. The predicted octanol–water partition coefficient (Wildman–Crippen LogP) is 2.36. The lowest BCUT2D eigenvalue weighted by molar-refractivity contribution is -0.120. The highest BCUT2D eigenvalue weighted by Gasteiger charge is 2.41. The van der Waals surface area contributed by atoms with Crippen molar-refractivity contribution in [3.05, 3.63) is 56.7 Å². The average molecular weight is 441 g/mol. The molecule has 0 unspecified atom stereocenters. The number of carbonyl (C=O) groups excluding carboxylic acids is 1. The molecule has 1 aromatic heterocycles. The maximum atomic E-state index is 13.4. The van der Waals surface area contributed by atoms with E-state index in [2.05, 4.69) is 4.98 Å². The number of fused-ring (bicyclic) bond motifs is 2. The van der Waals surface area contributed by atoms with Gasteiger partial charge in [-0.1, -0.05) is 36.8 Å². The molecule has 3 N–H and O–H groups in total. The Morgan fingerprint density at radius 3 is 2.66 bits per heavy atom. The van der Waals surface area contributed by atoms with E-state index < -0.39 is 11.2 Å². The molecule has 172 valence electrons. The minimum Gasteiger partial charge on any atom is -0.385 e. The van der Waals surface area contributed by atoms with Crippen molar-refractivity contribution >= 4 is 17.4 Å². The van der Waals surface area contributed by atoms with Crippen molar-refractivity contribution in [2.45, 2.75) is 45.1 Å². The summed E-state index contributed by atoms with van der Waals surface area (Å²) in [6, 6.07) is 9.40. The van der Waals surface area contributed by atoms with Crippen LogP contribution in [-0.2, 0) is 16.1 Å². The number of rotatable bonds is 9. The number of methoxy groups -OCH3 is 1. The summed E-state index contributed by atoms with van der Waals surface area (Å²) in [6.07, 6.45) is 5.73. The topological polar surface area (TPSA) is 110 Å². The molecule has 8 heteroatoms. The summed E-state index contributed by atoms with van der Waals surface area (Å²) in [4.78, 5) is 42.6. The fraction of sp³-hybridized carbons (Fsp3) is 0.542. The molecule has 4 rings (SSSR count). The van der Waals surface area contributed by atoms with Gasteiger partial charge in [-0.15, -0.1) is 0 Å². The molecule has 2 aromatic rings. The zero-order valence-electron chi connectivity index (χ0n) is 18.6. The highest BCUT2D eigenvalue weighted by atomic mass is 16.5. The molecular weight excluding hydrogens is 408 g/mol. The van der Waals surface area contributed by atoms with Crippen LogP contribution in [0.5, 0.6) is 0 Å². The van der Waals surface area contributed by atoms with Crippen LogP contribution in [0.2, 0.25) is 0 Å². The van der Waals surface area contributed by atoms with Crippen LogP contribution in [0.25, 0.3) is 0 Å². The van der Waals surface area contributed by atoms with E-state index in [1.54, 1.807) is 7.11 Å². The van der Waals surface area contributed by atoms with Gasteiger partial charge in [0.15, 0.2) is 5.69 Å². The largest absolute Gasteiger partial charge is 0.385 e. The predicted molar refractivity (Wildman–Crippen MR) is 124 cm³/mol. The second-order valence-corrected chi connectivity index (χ2v) is 9.10. The third-order valence-corrected chi connectivity index (χ3v) is 7.02. The number of H-pyrrole nitrogens is 1. The molecule has 1 amide bonds. The van der Waals surface area contributed by atoms with E-state index in [0.717, 1.165) is 17.9 Å². The van der Waals surface area contributed by atoms with Crippen molar-refractivity contribution in [1.82, 2.24) is 9.55 Å². The Balaban J connectivity index is 1.64. The Bertz CT molecular complexity index is 1060. The molecule has 1 aromatic carbocycles. The number of carbonyl (C=O) groups is 1. The number of hydrogen-bond donors (Lipinski definition) is 2. The number of nitrogens with one attached hydrogen (secondary N) is 1. The SMILES string of the molecule is COCCCN(C(=O)C[C@@H]1C[C@H]2CC[C@H]1C2)c1c(N)n(Cc2ccccc2)c(=O)[nH]c1=O. The molecule has 2 saturated carbocycles. The van der Waals surface area contributed by atoms with Crippen LogP contribution in [-0.4, -0.2) is 35.7 Å². The molecule has 32 heavy (non-hydrogen) atoms. The van der Waals surface area contributed by atoms with Gasteiger partial charge in [-0.3, -0.25) is 19.1 Å². The van der Waals surface area contributed by atoms with Gasteiger partial charge in [0.05, 0.1) is 6.54 Å². The van der Waals surface area contributed by atoms with Crippen LogP contribution in [0.1, 0.15) is 44.1 Å². The maximum absolute atomic E-state index is 13.4. The van der Waals surface area contributed by atoms with E-state index in [1.165, 1.54) is 28.7 Å². The van der Waals surface area contributed by atoms with Crippen molar-refractivity contribution in [3.8, 4) is 0 Å². The van der Waals surface area contributed by atoms with Crippen LogP contribution >= 0.6 is 0 Å². The first-order valence-corrected chi connectivity index (χ1v) is 11.4. The molecular formula is C24H32N4O4. The Morgan fingerprint density at radius 1 is 1.22 bits per heavy atom. The normalized spacial score (nSPS) is 21.7. The highest BCUT2D eigenvalue weighted by Crippen LogP contribution is 2.49. The van der Waals surface area contributed by atoms with E-state index >= 15 is 0 Å². The molecule has 0 saturated heterocycles. The Labute approximate surface area is 187 Å². The number of amides is 1. The van der Waals surface area contributed by atoms with E-state index in [9.17, 15) is 14.4 Å². The second-order valence-electron chi connectivity index (χ2n) is 9.10. The van der Waals surface area contributed by atoms with E-state index in [1.807, 2.05) is 30.3 Å². The van der Waals surface area contributed by atoms with Gasteiger partial charge in [0.25, 0.3) is 5.56 Å². The first-order valence-electron chi connectivity index (χ1n) is 11.4. The lowest BCUT2D eigenvalue weighted by atomic mass is 9.86. The number of anilines is 2. The maximum Gasteiger partial charge on any atom is 0.330 e. The van der Waals surface area contributed by atoms with Gasteiger partial charge >= 0.3 is 5.69 Å². The van der Waals surface area contributed by atoms with E-state index in [4.69, 9.17) is 10.5 Å². The number of ether oxygens (including phenoxy) is 1. The number of benzene rings is 1. The molecule has 2 fully saturated rings. The van der Waals surface area contributed by atoms with Crippen molar-refractivity contribution in [2.24, 2.45) is 17.8 Å². The summed E-state index contributed by atoms with van der Waals surface area (Å²) in [5, 5.41) is 0. The number of nitrogens with two attached hydrogens (primary N) is 1. The number of hydrogen-bond acceptors (Lipinski definition) is 5. The van der Waals surface area contributed by atoms with Gasteiger partial charge in [-0.2, -0.15) is 0 Å². The van der Waals surface area contributed by atoms with E-state index in [0.29, 0.717) is 37.8 Å². The number of nitrogens with zero attached hydrogens (tertiary/aromatic N) is 2. The Morgan fingerprint density at radius 2 is 2.00 bits per heavy atom. The van der Waals surface area contributed by atoms with Crippen molar-refractivity contribution in [1.29, 1.82) is 0 Å². The molecule has 0 aliphatic heterocycles. The summed E-state index contributed by atoms with van der Waals surface area (Å²) in [7, 11) is 1.60. The average Bonchev–Trinajstić information content (AvgIpc) is 3.39. The first kappa shape index (κ1) is 22.3. The van der Waals surface area contributed by atoms with Gasteiger partial charge < -0.3 is 15.4 Å². The number of aromatic amines is 1. The third-order valence-electron chi connectivity index (χ3n) is 7.02. The Kier molecular flexibility index (Phi) is 6.79. The number of nitrogen functional groups attached to an aromatic ring is 1. The monoisotopic (exact) mass is 440 g/mol. The van der Waals surface area contributed by atoms with Crippen molar-refractivity contribution in [2.75, 3.05) is 30.9 Å². The summed E-state index contributed by atoms with van der Waals surface area (Å²) in [5.41, 5.74) is 6.08. The fourth-order valence-corrected chi connectivity index (χ4v) is 5.45. The lowest BCUT2D eigenvalue weighted by Gasteiger charge is -2.28. The molecule has 2 aliphatic rings. The fourth-order valence-electron chi connectivity index (χ4n) is 5.45. The Hall–Kier alpha value is -2.87. The summed E-state index contributed by atoms with van der Waals surface area (Å²) < 4.78 is 6.47. The van der Waals surface area contributed by atoms with Crippen LogP contribution in [0.15, 0.2) is 39.9 Å². The van der Waals surface area contributed by atoms with Gasteiger partial charge in [0.1, 0.15) is 5.82 Å². The van der Waals surface area contributed by atoms with E-state index in [-0.39, 0.29) is 24.0 Å². The minimum absolute atomic E-state index is 0.0151. The lowest BCUT2D eigenvalue weighted by Crippen LogP contribution is -2.42. The van der Waals surface area contributed by atoms with Gasteiger partial charge in [-0.25, -0.2) is 4.79 Å². The van der Waals surface area contributed by atoms with Gasteiger partial charge in [0.2, 0.25) is 5.91 Å². The standard InChI is InChI=1S/C24H32N4O4/c1-32-11-5-10-27(20(29)14-19-13-17-8-9-18(19)12-17)21-22(25)28(24(31)26-23(21)30)15-16-6-3-2-4-7-16/h2-4,6-7,17-19H,5,8-15,25H2,1H3,(H,26,30,31)/t17-,18-,19-/m0/s1. The van der Waals surface area contributed by atoms with Crippen LogP contribution in [0.4, 0.5) is 11.5 Å². The molecule has 2 bridgehead atoms. The highest BCUT2D eigenvalue weighted by molar-refractivity contribution is 5.95. The molecule has 3 atom stereocenters. The third kappa shape index (κ3) is 4.65. The van der Waals surface area contributed by atoms with Crippen molar-refractivity contribution in [3.63, 3.8) is 0 Å². The quantitative estimate of drug-likeness (QED) is 0.582. The van der Waals surface area contributed by atoms with Crippen molar-refractivity contribution < 1.29 is 9.53 Å². The van der Waals surface area contributed by atoms with Crippen LogP contribution in [0.3, 0.4) is 0 Å². The van der Waals surface area contributed by atoms with Crippen LogP contribution in [0, 0.1) is 17.8 Å². The molecule has 8 nitrogen and oxygen atoms in total. The van der Waals surface area contributed by atoms with Gasteiger partial charge in [-0.05, 0) is 49.0 Å². The summed E-state index contributed by atoms with van der Waals surface area (Å²) >= 11 is 0. The first-order chi connectivity index (χ1) is 15.5. The molecule has 0 radical (unpaired) electrons. The molecule has 0 spiro atoms. The zero-order valence-corrected chi connectivity index (χ0v) is 18.6. The summed E-state index contributed by atoms with van der Waals surface area (Å²) in [6.45, 7) is 0.978. The van der Waals surface area contributed by atoms with Crippen LogP contribution < -0.4 is 21.9 Å². The minimum atomic E-state index is -0.629. The number of aromatic nitrogens is 2. The molecule has 1 heterocycles. The molecule has 2 aliphatic carbocycles. The van der Waals surface area contributed by atoms with Gasteiger partial charge in [0, 0.05) is 26.7 Å². The zero-order chi connectivity index (χ0) is 22.7. The second kappa shape index (κ2) is 9.73.